The predicted molar refractivity (Wildman–Crippen MR) is 91.4 cm³/mol. The first-order valence-corrected chi connectivity index (χ1v) is 8.51. The Balaban J connectivity index is 2.10. The number of rotatable bonds is 3. The lowest BCUT2D eigenvalue weighted by molar-refractivity contribution is -0.384. The Bertz CT molecular complexity index is 819. The number of nitro groups is 1. The molecule has 0 spiro atoms. The van der Waals surface area contributed by atoms with Gasteiger partial charge >= 0.3 is 0 Å². The molecule has 1 heterocycles. The molecule has 1 aliphatic rings. The summed E-state index contributed by atoms with van der Waals surface area (Å²) in [7, 11) is 0. The highest BCUT2D eigenvalue weighted by Crippen LogP contribution is 2.52. The number of benzene rings is 1. The summed E-state index contributed by atoms with van der Waals surface area (Å²) in [6.45, 7) is 6.34. The summed E-state index contributed by atoms with van der Waals surface area (Å²) in [6, 6.07) is 11.4. The summed E-state index contributed by atoms with van der Waals surface area (Å²) in [4.78, 5) is 12.8. The lowest BCUT2D eigenvalue weighted by atomic mass is 9.69. The maximum absolute atomic E-state index is 11.0. The minimum atomic E-state index is -0.454. The molecule has 0 unspecified atom stereocenters. The van der Waals surface area contributed by atoms with Crippen LogP contribution in [-0.4, -0.2) is 4.92 Å². The molecule has 0 saturated heterocycles. The fourth-order valence-electron chi connectivity index (χ4n) is 3.73. The third-order valence-corrected chi connectivity index (χ3v) is 6.17. The molecular formula is C18H18N2O2S. The van der Waals surface area contributed by atoms with Crippen LogP contribution in [0.25, 0.3) is 10.4 Å². The van der Waals surface area contributed by atoms with E-state index in [1.165, 1.54) is 10.9 Å². The maximum Gasteiger partial charge on any atom is 0.270 e. The zero-order valence-corrected chi connectivity index (χ0v) is 14.2. The number of nitriles is 1. The van der Waals surface area contributed by atoms with E-state index in [1.54, 1.807) is 23.5 Å². The van der Waals surface area contributed by atoms with Crippen molar-refractivity contribution in [1.29, 1.82) is 5.26 Å². The van der Waals surface area contributed by atoms with Gasteiger partial charge in [-0.25, -0.2) is 0 Å². The molecule has 4 nitrogen and oxygen atoms in total. The quantitative estimate of drug-likeness (QED) is 0.593. The first kappa shape index (κ1) is 15.7. The lowest BCUT2D eigenvalue weighted by Gasteiger charge is -2.31. The van der Waals surface area contributed by atoms with Gasteiger partial charge in [-0.15, -0.1) is 11.3 Å². The summed E-state index contributed by atoms with van der Waals surface area (Å²) in [5, 5.41) is 20.8. The monoisotopic (exact) mass is 326 g/mol. The zero-order chi connectivity index (χ0) is 16.8. The average molecular weight is 326 g/mol. The van der Waals surface area contributed by atoms with Crippen LogP contribution in [0.3, 0.4) is 0 Å². The molecule has 0 radical (unpaired) electrons. The topological polar surface area (TPSA) is 66.9 Å². The molecule has 1 aromatic heterocycles. The fraction of sp³-hybridized carbons (Fsp3) is 0.389. The van der Waals surface area contributed by atoms with Gasteiger partial charge in [-0.1, -0.05) is 32.9 Å². The molecule has 2 aromatic rings. The van der Waals surface area contributed by atoms with E-state index in [-0.39, 0.29) is 16.5 Å². The van der Waals surface area contributed by atoms with E-state index in [9.17, 15) is 15.4 Å². The van der Waals surface area contributed by atoms with Gasteiger partial charge in [0, 0.05) is 21.9 Å². The number of fused-ring (bicyclic) bond motifs is 1. The van der Waals surface area contributed by atoms with Crippen LogP contribution in [-0.2, 0) is 11.8 Å². The highest BCUT2D eigenvalue weighted by molar-refractivity contribution is 7.15. The van der Waals surface area contributed by atoms with Crippen LogP contribution < -0.4 is 0 Å². The third-order valence-electron chi connectivity index (χ3n) is 4.96. The van der Waals surface area contributed by atoms with Crippen LogP contribution in [0.15, 0.2) is 30.3 Å². The Morgan fingerprint density at radius 3 is 2.78 bits per heavy atom. The average Bonchev–Trinajstić information content (AvgIpc) is 3.03. The molecule has 118 valence electrons. The summed E-state index contributed by atoms with van der Waals surface area (Å²) >= 11 is 1.66. The van der Waals surface area contributed by atoms with Gasteiger partial charge in [-0.05, 0) is 35.4 Å². The molecule has 0 bridgehead atoms. The van der Waals surface area contributed by atoms with Crippen LogP contribution in [0.1, 0.15) is 31.2 Å². The van der Waals surface area contributed by atoms with E-state index in [1.807, 2.05) is 6.07 Å². The fourth-order valence-corrected chi connectivity index (χ4v) is 5.09. The molecule has 23 heavy (non-hydrogen) atoms. The third kappa shape index (κ3) is 2.25. The standard InChI is InChI=1S/C18H18N2O2S/c1-11(2)18(10-19)12(3)7-17-15(18)9-16(23-17)13-5-4-6-14(8-13)20(21)22/h4-6,8-9,11-12H,7H2,1-3H3/t12-,18+/m1/s1. The first-order valence-electron chi connectivity index (χ1n) is 7.69. The smallest absolute Gasteiger partial charge is 0.258 e. The Labute approximate surface area is 139 Å². The van der Waals surface area contributed by atoms with Crippen molar-refractivity contribution in [2.45, 2.75) is 32.6 Å². The van der Waals surface area contributed by atoms with Gasteiger partial charge in [-0.3, -0.25) is 10.1 Å². The highest BCUT2D eigenvalue weighted by atomic mass is 32.1. The van der Waals surface area contributed by atoms with Crippen LogP contribution in [0.2, 0.25) is 0 Å². The van der Waals surface area contributed by atoms with Crippen LogP contribution in [0, 0.1) is 33.3 Å². The number of hydrogen-bond acceptors (Lipinski definition) is 4. The van der Waals surface area contributed by atoms with Gasteiger partial charge in [0.15, 0.2) is 0 Å². The van der Waals surface area contributed by atoms with Crippen molar-refractivity contribution < 1.29 is 4.92 Å². The van der Waals surface area contributed by atoms with Crippen molar-refractivity contribution >= 4 is 17.0 Å². The summed E-state index contributed by atoms with van der Waals surface area (Å²) in [6.07, 6.45) is 0.903. The number of non-ortho nitro benzene ring substituents is 1. The first-order chi connectivity index (χ1) is 10.9. The van der Waals surface area contributed by atoms with Crippen LogP contribution in [0.4, 0.5) is 5.69 Å². The minimum absolute atomic E-state index is 0.0971. The maximum atomic E-state index is 11.0. The molecule has 5 heteroatoms. The molecular weight excluding hydrogens is 308 g/mol. The molecule has 0 saturated carbocycles. The lowest BCUT2D eigenvalue weighted by Crippen LogP contribution is -2.34. The number of nitro benzene ring substituents is 1. The van der Waals surface area contributed by atoms with Gasteiger partial charge in [0.1, 0.15) is 0 Å². The Kier molecular flexibility index (Phi) is 3.73. The molecule has 0 N–H and O–H groups in total. The molecule has 3 rings (SSSR count). The Hall–Kier alpha value is -2.19. The van der Waals surface area contributed by atoms with Gasteiger partial charge in [0.2, 0.25) is 0 Å². The number of hydrogen-bond donors (Lipinski definition) is 0. The van der Waals surface area contributed by atoms with Crippen molar-refractivity contribution in [3.05, 3.63) is 50.9 Å². The second-order valence-electron chi connectivity index (χ2n) is 6.50. The molecule has 0 aliphatic heterocycles. The molecule has 0 amide bonds. The Morgan fingerprint density at radius 1 is 1.43 bits per heavy atom. The molecule has 1 aliphatic carbocycles. The van der Waals surface area contributed by atoms with E-state index in [2.05, 4.69) is 32.9 Å². The SMILES string of the molecule is CC(C)[C@]1(C#N)c2cc(-c3cccc([N+](=O)[O-])c3)sc2C[C@H]1C. The molecule has 0 fully saturated rings. The van der Waals surface area contributed by atoms with Crippen molar-refractivity contribution in [3.63, 3.8) is 0 Å². The van der Waals surface area contributed by atoms with Crippen LogP contribution >= 0.6 is 11.3 Å². The van der Waals surface area contributed by atoms with Crippen molar-refractivity contribution in [1.82, 2.24) is 0 Å². The minimum Gasteiger partial charge on any atom is -0.258 e. The highest BCUT2D eigenvalue weighted by Gasteiger charge is 2.48. The normalized spacial score (nSPS) is 22.8. The van der Waals surface area contributed by atoms with Gasteiger partial charge in [0.25, 0.3) is 5.69 Å². The van der Waals surface area contributed by atoms with E-state index in [4.69, 9.17) is 0 Å². The predicted octanol–water partition coefficient (Wildman–Crippen LogP) is 4.93. The second kappa shape index (κ2) is 5.47. The van der Waals surface area contributed by atoms with Gasteiger partial charge < -0.3 is 0 Å². The molecule has 2 atom stereocenters. The van der Waals surface area contributed by atoms with E-state index >= 15 is 0 Å². The van der Waals surface area contributed by atoms with E-state index in [0.29, 0.717) is 5.92 Å². The second-order valence-corrected chi connectivity index (χ2v) is 7.63. The van der Waals surface area contributed by atoms with Crippen molar-refractivity contribution in [2.75, 3.05) is 0 Å². The number of thiophene rings is 1. The number of nitrogens with zero attached hydrogens (tertiary/aromatic N) is 2. The summed E-state index contributed by atoms with van der Waals surface area (Å²) in [5.74, 6) is 0.532. The van der Waals surface area contributed by atoms with Gasteiger partial charge in [0.05, 0.1) is 16.4 Å². The van der Waals surface area contributed by atoms with E-state index in [0.717, 1.165) is 22.4 Å². The van der Waals surface area contributed by atoms with E-state index < -0.39 is 5.41 Å². The van der Waals surface area contributed by atoms with Crippen molar-refractivity contribution in [3.8, 4) is 16.5 Å². The van der Waals surface area contributed by atoms with Crippen LogP contribution in [0.5, 0.6) is 0 Å². The summed E-state index contributed by atoms with van der Waals surface area (Å²) in [5.41, 5.74) is 1.61. The van der Waals surface area contributed by atoms with Crippen molar-refractivity contribution in [2.24, 2.45) is 11.8 Å². The largest absolute Gasteiger partial charge is 0.270 e. The molecule has 1 aromatic carbocycles. The Morgan fingerprint density at radius 2 is 2.17 bits per heavy atom. The van der Waals surface area contributed by atoms with Gasteiger partial charge in [-0.2, -0.15) is 5.26 Å². The zero-order valence-electron chi connectivity index (χ0n) is 13.4. The summed E-state index contributed by atoms with van der Waals surface area (Å²) < 4.78 is 0.